The molecule has 0 radical (unpaired) electrons. The first-order valence-corrected chi connectivity index (χ1v) is 8.80. The lowest BCUT2D eigenvalue weighted by Crippen LogP contribution is -2.50. The highest BCUT2D eigenvalue weighted by molar-refractivity contribution is 6.30. The Bertz CT molecular complexity index is 449. The van der Waals surface area contributed by atoms with Crippen molar-refractivity contribution in [1.29, 1.82) is 0 Å². The topological polar surface area (TPSA) is 15.3 Å². The third kappa shape index (κ3) is 3.28. The summed E-state index contributed by atoms with van der Waals surface area (Å²) in [7, 11) is 0. The van der Waals surface area contributed by atoms with Crippen molar-refractivity contribution in [3.05, 3.63) is 34.9 Å². The lowest BCUT2D eigenvalue weighted by Gasteiger charge is -2.50. The van der Waals surface area contributed by atoms with Crippen molar-refractivity contribution >= 4 is 11.6 Å². The average Bonchev–Trinajstić information content (AvgIpc) is 2.52. The number of hydrogen-bond acceptors (Lipinski definition) is 2. The summed E-state index contributed by atoms with van der Waals surface area (Å²) < 4.78 is 0. The van der Waals surface area contributed by atoms with E-state index >= 15 is 0 Å². The van der Waals surface area contributed by atoms with E-state index < -0.39 is 0 Å². The van der Waals surface area contributed by atoms with Gasteiger partial charge in [0.1, 0.15) is 0 Å². The zero-order chi connectivity index (χ0) is 14.7. The second-order valence-corrected chi connectivity index (χ2v) is 7.20. The number of piperidine rings is 2. The molecule has 2 heterocycles. The van der Waals surface area contributed by atoms with Gasteiger partial charge in [0.2, 0.25) is 0 Å². The second-order valence-electron chi connectivity index (χ2n) is 6.76. The predicted molar refractivity (Wildman–Crippen MR) is 90.1 cm³/mol. The molecule has 2 fully saturated rings. The van der Waals surface area contributed by atoms with E-state index in [9.17, 15) is 0 Å². The smallest absolute Gasteiger partial charge is 0.0406 e. The van der Waals surface area contributed by atoms with Crippen LogP contribution in [0.15, 0.2) is 24.3 Å². The highest BCUT2D eigenvalue weighted by atomic mass is 35.5. The fourth-order valence-corrected chi connectivity index (χ4v) is 4.40. The zero-order valence-corrected chi connectivity index (χ0v) is 13.8. The van der Waals surface area contributed by atoms with Gasteiger partial charge < -0.3 is 10.2 Å². The van der Waals surface area contributed by atoms with Gasteiger partial charge in [0.15, 0.2) is 0 Å². The molecule has 1 unspecified atom stereocenters. The lowest BCUT2D eigenvalue weighted by molar-refractivity contribution is 0.0539. The molecule has 21 heavy (non-hydrogen) atoms. The van der Waals surface area contributed by atoms with Crippen LogP contribution in [0.4, 0.5) is 0 Å². The highest BCUT2D eigenvalue weighted by Crippen LogP contribution is 2.48. The van der Waals surface area contributed by atoms with Crippen LogP contribution in [-0.4, -0.2) is 37.6 Å². The van der Waals surface area contributed by atoms with Crippen LogP contribution < -0.4 is 5.32 Å². The molecule has 0 aliphatic carbocycles. The first-order chi connectivity index (χ1) is 10.2. The van der Waals surface area contributed by atoms with Crippen LogP contribution in [-0.2, 0) is 0 Å². The van der Waals surface area contributed by atoms with Crippen LogP contribution in [0.3, 0.4) is 0 Å². The fourth-order valence-electron chi connectivity index (χ4n) is 4.28. The van der Waals surface area contributed by atoms with Gasteiger partial charge in [0, 0.05) is 17.5 Å². The molecule has 3 heteroatoms. The highest BCUT2D eigenvalue weighted by Gasteiger charge is 2.43. The first-order valence-electron chi connectivity index (χ1n) is 8.42. The number of benzene rings is 1. The Morgan fingerprint density at radius 3 is 2.57 bits per heavy atom. The molecule has 0 amide bonds. The van der Waals surface area contributed by atoms with Crippen LogP contribution in [0.25, 0.3) is 0 Å². The van der Waals surface area contributed by atoms with Crippen LogP contribution >= 0.6 is 11.6 Å². The average molecular weight is 307 g/mol. The largest absolute Gasteiger partial charge is 0.316 e. The minimum atomic E-state index is 0.503. The molecule has 1 N–H and O–H groups in total. The summed E-state index contributed by atoms with van der Waals surface area (Å²) in [6, 6.07) is 8.57. The molecule has 1 aromatic carbocycles. The van der Waals surface area contributed by atoms with Gasteiger partial charge >= 0.3 is 0 Å². The molecule has 1 spiro atoms. The van der Waals surface area contributed by atoms with Crippen LogP contribution in [0.5, 0.6) is 0 Å². The normalized spacial score (nSPS) is 26.1. The van der Waals surface area contributed by atoms with Gasteiger partial charge in [-0.05, 0) is 75.0 Å². The molecule has 1 atom stereocenters. The molecule has 0 saturated carbocycles. The van der Waals surface area contributed by atoms with Gasteiger partial charge in [0.05, 0.1) is 0 Å². The molecule has 3 rings (SSSR count). The van der Waals surface area contributed by atoms with Crippen molar-refractivity contribution in [2.75, 3.05) is 32.7 Å². The molecule has 2 aliphatic heterocycles. The Kier molecular flexibility index (Phi) is 4.88. The van der Waals surface area contributed by atoms with E-state index in [4.69, 9.17) is 11.6 Å². The van der Waals surface area contributed by atoms with Crippen molar-refractivity contribution in [2.24, 2.45) is 5.41 Å². The van der Waals surface area contributed by atoms with E-state index in [1.165, 1.54) is 57.4 Å². The predicted octanol–water partition coefficient (Wildman–Crippen LogP) is 3.91. The molecule has 116 valence electrons. The van der Waals surface area contributed by atoms with Gasteiger partial charge in [-0.2, -0.15) is 0 Å². The Morgan fingerprint density at radius 1 is 1.19 bits per heavy atom. The Labute approximate surface area is 133 Å². The van der Waals surface area contributed by atoms with E-state index in [0.717, 1.165) is 11.6 Å². The van der Waals surface area contributed by atoms with Crippen molar-refractivity contribution < 1.29 is 0 Å². The van der Waals surface area contributed by atoms with E-state index in [2.05, 4.69) is 29.3 Å². The van der Waals surface area contributed by atoms with Crippen LogP contribution in [0.1, 0.15) is 44.1 Å². The van der Waals surface area contributed by atoms with Gasteiger partial charge in [-0.15, -0.1) is 0 Å². The van der Waals surface area contributed by atoms with Gasteiger partial charge in [-0.1, -0.05) is 30.7 Å². The summed E-state index contributed by atoms with van der Waals surface area (Å²) in [5.41, 5.74) is 1.97. The second kappa shape index (κ2) is 6.68. The molecule has 2 aliphatic rings. The minimum Gasteiger partial charge on any atom is -0.316 e. The number of nitrogens with one attached hydrogen (secondary N) is 1. The van der Waals surface area contributed by atoms with Gasteiger partial charge in [-0.3, -0.25) is 0 Å². The molecule has 1 aromatic rings. The maximum Gasteiger partial charge on any atom is 0.0406 e. The lowest BCUT2D eigenvalue weighted by atomic mass is 9.63. The molecule has 0 bridgehead atoms. The quantitative estimate of drug-likeness (QED) is 0.911. The Balaban J connectivity index is 1.77. The van der Waals surface area contributed by atoms with Crippen molar-refractivity contribution in [1.82, 2.24) is 10.2 Å². The monoisotopic (exact) mass is 306 g/mol. The summed E-state index contributed by atoms with van der Waals surface area (Å²) in [5, 5.41) is 4.45. The molecular weight excluding hydrogens is 280 g/mol. The number of rotatable bonds is 3. The minimum absolute atomic E-state index is 0.503. The summed E-state index contributed by atoms with van der Waals surface area (Å²) in [4.78, 5) is 2.65. The molecule has 0 aromatic heterocycles. The number of nitrogens with zero attached hydrogens (tertiary/aromatic N) is 1. The van der Waals surface area contributed by atoms with E-state index in [1.807, 2.05) is 12.1 Å². The maximum absolute atomic E-state index is 6.06. The van der Waals surface area contributed by atoms with Crippen LogP contribution in [0.2, 0.25) is 5.02 Å². The number of halogens is 1. The van der Waals surface area contributed by atoms with E-state index in [1.54, 1.807) is 0 Å². The van der Waals surface area contributed by atoms with Crippen molar-refractivity contribution in [2.45, 2.75) is 38.5 Å². The summed E-state index contributed by atoms with van der Waals surface area (Å²) in [5.74, 6) is 0.646. The fraction of sp³-hybridized carbons (Fsp3) is 0.667. The summed E-state index contributed by atoms with van der Waals surface area (Å²) in [6.45, 7) is 8.40. The summed E-state index contributed by atoms with van der Waals surface area (Å²) in [6.07, 6.45) is 5.29. The number of likely N-dealkylation sites (tertiary alicyclic amines) is 1. The van der Waals surface area contributed by atoms with Gasteiger partial charge in [0.25, 0.3) is 0 Å². The zero-order valence-electron chi connectivity index (χ0n) is 13.1. The third-order valence-electron chi connectivity index (χ3n) is 5.55. The summed E-state index contributed by atoms with van der Waals surface area (Å²) >= 11 is 6.06. The van der Waals surface area contributed by atoms with Gasteiger partial charge in [-0.25, -0.2) is 0 Å². The standard InChI is InChI=1S/C18H27ClN2/c1-2-11-21-12-8-18(9-13-21)7-10-20-14-17(18)15-3-5-16(19)6-4-15/h3-6,17,20H,2,7-14H2,1H3. The third-order valence-corrected chi connectivity index (χ3v) is 5.80. The Hall–Kier alpha value is -0.570. The maximum atomic E-state index is 6.06. The first kappa shape index (κ1) is 15.3. The molecule has 2 saturated heterocycles. The SMILES string of the molecule is CCCN1CCC2(CCNCC2c2ccc(Cl)cc2)CC1. The Morgan fingerprint density at radius 2 is 1.90 bits per heavy atom. The molecular formula is C18H27ClN2. The number of hydrogen-bond donors (Lipinski definition) is 1. The van der Waals surface area contributed by atoms with E-state index in [0.29, 0.717) is 11.3 Å². The van der Waals surface area contributed by atoms with E-state index in [-0.39, 0.29) is 0 Å². The molecule has 2 nitrogen and oxygen atoms in total. The van der Waals surface area contributed by atoms with Crippen molar-refractivity contribution in [3.8, 4) is 0 Å². The van der Waals surface area contributed by atoms with Crippen molar-refractivity contribution in [3.63, 3.8) is 0 Å². The van der Waals surface area contributed by atoms with Crippen LogP contribution in [0, 0.1) is 5.41 Å².